The molecular formula is C9H8F2N2O. The fraction of sp³-hybridized carbons (Fsp3) is 0.222. The summed E-state index contributed by atoms with van der Waals surface area (Å²) in [7, 11) is 0. The van der Waals surface area contributed by atoms with Crippen LogP contribution in [0.2, 0.25) is 0 Å². The lowest BCUT2D eigenvalue weighted by Crippen LogP contribution is -2.08. The molecule has 0 amide bonds. The second kappa shape index (κ2) is 4.42. The van der Waals surface area contributed by atoms with Gasteiger partial charge in [0.05, 0.1) is 17.3 Å². The molecule has 0 spiro atoms. The van der Waals surface area contributed by atoms with Gasteiger partial charge in [0.15, 0.2) is 0 Å². The zero-order valence-electron chi connectivity index (χ0n) is 7.21. The van der Waals surface area contributed by atoms with Crippen LogP contribution in [-0.2, 0) is 0 Å². The Balaban J connectivity index is 2.80. The quantitative estimate of drug-likeness (QED) is 0.753. The van der Waals surface area contributed by atoms with Gasteiger partial charge in [-0.3, -0.25) is 0 Å². The van der Waals surface area contributed by atoms with Crippen LogP contribution in [0.4, 0.5) is 14.5 Å². The molecule has 1 aromatic carbocycles. The molecule has 74 valence electrons. The van der Waals surface area contributed by atoms with E-state index in [1.165, 1.54) is 18.2 Å². The summed E-state index contributed by atoms with van der Waals surface area (Å²) in [5, 5.41) is 8.54. The second-order valence-corrected chi connectivity index (χ2v) is 2.57. The Kier molecular flexibility index (Phi) is 3.24. The maximum Gasteiger partial charge on any atom is 0.272 e. The number of rotatable bonds is 3. The third-order valence-corrected chi connectivity index (χ3v) is 1.51. The van der Waals surface area contributed by atoms with E-state index in [2.05, 4.69) is 0 Å². The molecule has 0 radical (unpaired) electrons. The molecule has 14 heavy (non-hydrogen) atoms. The summed E-state index contributed by atoms with van der Waals surface area (Å²) in [6.07, 6.45) is -2.56. The maximum atomic E-state index is 11.8. The van der Waals surface area contributed by atoms with E-state index >= 15 is 0 Å². The van der Waals surface area contributed by atoms with Crippen molar-refractivity contribution >= 4 is 5.69 Å². The molecule has 3 nitrogen and oxygen atoms in total. The van der Waals surface area contributed by atoms with Gasteiger partial charge >= 0.3 is 0 Å². The smallest absolute Gasteiger partial charge is 0.272 e. The molecule has 1 aromatic rings. The molecule has 0 aromatic heterocycles. The second-order valence-electron chi connectivity index (χ2n) is 2.57. The average molecular weight is 198 g/mol. The fourth-order valence-corrected chi connectivity index (χ4v) is 0.882. The summed E-state index contributed by atoms with van der Waals surface area (Å²) in [4.78, 5) is 0. The Bertz CT molecular complexity index is 360. The molecular weight excluding hydrogens is 190 g/mol. The van der Waals surface area contributed by atoms with Crippen LogP contribution in [0.15, 0.2) is 18.2 Å². The maximum absolute atomic E-state index is 11.8. The van der Waals surface area contributed by atoms with E-state index in [0.29, 0.717) is 5.56 Å². The molecule has 2 N–H and O–H groups in total. The molecule has 0 aliphatic rings. The predicted octanol–water partition coefficient (Wildman–Crippen LogP) is 1.78. The number of hydrogen-bond donors (Lipinski definition) is 1. The van der Waals surface area contributed by atoms with E-state index in [-0.39, 0.29) is 11.4 Å². The molecule has 0 saturated carbocycles. The molecule has 0 saturated heterocycles. The van der Waals surface area contributed by atoms with Crippen LogP contribution in [0, 0.1) is 11.3 Å². The van der Waals surface area contributed by atoms with Crippen molar-refractivity contribution in [3.05, 3.63) is 23.8 Å². The monoisotopic (exact) mass is 198 g/mol. The number of nitrogens with two attached hydrogens (primary N) is 1. The van der Waals surface area contributed by atoms with Gasteiger partial charge in [0, 0.05) is 6.07 Å². The molecule has 0 atom stereocenters. The predicted molar refractivity (Wildman–Crippen MR) is 47.1 cm³/mol. The van der Waals surface area contributed by atoms with Crippen molar-refractivity contribution in [3.63, 3.8) is 0 Å². The van der Waals surface area contributed by atoms with E-state index < -0.39 is 13.0 Å². The number of nitrogens with zero attached hydrogens (tertiary/aromatic N) is 1. The number of nitrogen functional groups attached to an aromatic ring is 1. The normalized spacial score (nSPS) is 9.86. The lowest BCUT2D eigenvalue weighted by molar-refractivity contribution is 0.0823. The van der Waals surface area contributed by atoms with Crippen LogP contribution in [-0.4, -0.2) is 13.0 Å². The van der Waals surface area contributed by atoms with Gasteiger partial charge in [-0.15, -0.1) is 0 Å². The summed E-state index contributed by atoms with van der Waals surface area (Å²) in [5.41, 5.74) is 6.01. The van der Waals surface area contributed by atoms with Gasteiger partial charge < -0.3 is 10.5 Å². The number of nitriles is 1. The van der Waals surface area contributed by atoms with Crippen LogP contribution < -0.4 is 10.5 Å². The van der Waals surface area contributed by atoms with Crippen LogP contribution in [0.1, 0.15) is 5.56 Å². The Morgan fingerprint density at radius 3 is 2.79 bits per heavy atom. The lowest BCUT2D eigenvalue weighted by atomic mass is 10.2. The number of ether oxygens (including phenoxy) is 1. The zero-order chi connectivity index (χ0) is 10.6. The largest absolute Gasteiger partial charge is 0.485 e. The highest BCUT2D eigenvalue weighted by molar-refractivity contribution is 5.55. The topological polar surface area (TPSA) is 59.0 Å². The highest BCUT2D eigenvalue weighted by Crippen LogP contribution is 2.22. The summed E-state index contributed by atoms with van der Waals surface area (Å²) >= 11 is 0. The Labute approximate surface area is 79.7 Å². The molecule has 0 aliphatic heterocycles. The van der Waals surface area contributed by atoms with Gasteiger partial charge in [0.1, 0.15) is 12.4 Å². The van der Waals surface area contributed by atoms with Crippen molar-refractivity contribution in [3.8, 4) is 11.8 Å². The van der Waals surface area contributed by atoms with Crippen molar-refractivity contribution < 1.29 is 13.5 Å². The van der Waals surface area contributed by atoms with Gasteiger partial charge in [0.25, 0.3) is 6.43 Å². The standard InChI is InChI=1S/C9H8F2N2O/c10-9(11)5-14-8-3-6(4-12)1-2-7(8)13/h1-3,9H,5,13H2. The number of hydrogen-bond acceptors (Lipinski definition) is 3. The van der Waals surface area contributed by atoms with Crippen molar-refractivity contribution in [2.24, 2.45) is 0 Å². The number of anilines is 1. The minimum Gasteiger partial charge on any atom is -0.485 e. The minimum atomic E-state index is -2.56. The Morgan fingerprint density at radius 1 is 1.50 bits per heavy atom. The first-order chi connectivity index (χ1) is 6.63. The highest BCUT2D eigenvalue weighted by atomic mass is 19.3. The van der Waals surface area contributed by atoms with E-state index in [0.717, 1.165) is 0 Å². The fourth-order valence-electron chi connectivity index (χ4n) is 0.882. The van der Waals surface area contributed by atoms with Gasteiger partial charge in [0.2, 0.25) is 0 Å². The van der Waals surface area contributed by atoms with Crippen LogP contribution in [0.25, 0.3) is 0 Å². The van der Waals surface area contributed by atoms with Crippen molar-refractivity contribution in [1.29, 1.82) is 5.26 Å². The number of benzene rings is 1. The van der Waals surface area contributed by atoms with Gasteiger partial charge in [-0.1, -0.05) is 0 Å². The van der Waals surface area contributed by atoms with E-state index in [9.17, 15) is 8.78 Å². The van der Waals surface area contributed by atoms with Gasteiger partial charge in [-0.2, -0.15) is 5.26 Å². The van der Waals surface area contributed by atoms with Crippen LogP contribution >= 0.6 is 0 Å². The first-order valence-electron chi connectivity index (χ1n) is 3.84. The van der Waals surface area contributed by atoms with Crippen LogP contribution in [0.3, 0.4) is 0 Å². The molecule has 0 unspecified atom stereocenters. The van der Waals surface area contributed by atoms with E-state index in [4.69, 9.17) is 15.7 Å². The van der Waals surface area contributed by atoms with Gasteiger partial charge in [-0.05, 0) is 12.1 Å². The first kappa shape index (κ1) is 10.3. The highest BCUT2D eigenvalue weighted by Gasteiger charge is 2.06. The number of alkyl halides is 2. The third kappa shape index (κ3) is 2.59. The first-order valence-corrected chi connectivity index (χ1v) is 3.84. The summed E-state index contributed by atoms with van der Waals surface area (Å²) < 4.78 is 28.3. The molecule has 5 heteroatoms. The van der Waals surface area contributed by atoms with Gasteiger partial charge in [-0.25, -0.2) is 8.78 Å². The molecule has 1 rings (SSSR count). The van der Waals surface area contributed by atoms with Crippen molar-refractivity contribution in [2.75, 3.05) is 12.3 Å². The van der Waals surface area contributed by atoms with E-state index in [1.54, 1.807) is 0 Å². The summed E-state index contributed by atoms with van der Waals surface area (Å²) in [5.74, 6) is 0.115. The Morgan fingerprint density at radius 2 is 2.21 bits per heavy atom. The lowest BCUT2D eigenvalue weighted by Gasteiger charge is -2.07. The van der Waals surface area contributed by atoms with E-state index in [1.807, 2.05) is 6.07 Å². The summed E-state index contributed by atoms with van der Waals surface area (Å²) in [6.45, 7) is -0.723. The Hall–Kier alpha value is -1.83. The average Bonchev–Trinajstić information content (AvgIpc) is 2.16. The third-order valence-electron chi connectivity index (χ3n) is 1.51. The minimum absolute atomic E-state index is 0.115. The molecule has 0 aliphatic carbocycles. The summed E-state index contributed by atoms with van der Waals surface area (Å²) in [6, 6.07) is 6.12. The van der Waals surface area contributed by atoms with Crippen molar-refractivity contribution in [1.82, 2.24) is 0 Å². The number of halogens is 2. The molecule has 0 fully saturated rings. The van der Waals surface area contributed by atoms with Crippen LogP contribution in [0.5, 0.6) is 5.75 Å². The molecule has 0 bridgehead atoms. The SMILES string of the molecule is N#Cc1ccc(N)c(OCC(F)F)c1. The zero-order valence-corrected chi connectivity index (χ0v) is 7.21. The molecule has 0 heterocycles. The van der Waals surface area contributed by atoms with Crippen molar-refractivity contribution in [2.45, 2.75) is 6.43 Å².